The van der Waals surface area contributed by atoms with E-state index >= 15 is 0 Å². The number of fused-ring (bicyclic) bond motifs is 1. The first-order chi connectivity index (χ1) is 16.6. The van der Waals surface area contributed by atoms with Gasteiger partial charge in [0.05, 0.1) is 19.3 Å². The Balaban J connectivity index is 1.51. The molecule has 0 atom stereocenters. The molecule has 2 aliphatic rings. The van der Waals surface area contributed by atoms with Gasteiger partial charge in [0.15, 0.2) is 11.0 Å². The maximum absolute atomic E-state index is 13.6. The molecule has 1 aromatic carbocycles. The Hall–Kier alpha value is -3.92. The van der Waals surface area contributed by atoms with Crippen molar-refractivity contribution in [3.63, 3.8) is 0 Å². The van der Waals surface area contributed by atoms with Gasteiger partial charge >= 0.3 is 6.03 Å². The van der Waals surface area contributed by atoms with Gasteiger partial charge in [-0.05, 0) is 54.9 Å². The molecule has 1 fully saturated rings. The first-order valence-electron chi connectivity index (χ1n) is 10.7. The van der Waals surface area contributed by atoms with Crippen molar-refractivity contribution in [3.05, 3.63) is 67.0 Å². The van der Waals surface area contributed by atoms with E-state index in [1.807, 2.05) is 17.0 Å². The number of carbonyl (C=O) groups is 2. The van der Waals surface area contributed by atoms with Gasteiger partial charge in [0, 0.05) is 40.6 Å². The lowest BCUT2D eigenvalue weighted by Gasteiger charge is -2.36. The molecule has 0 spiro atoms. The van der Waals surface area contributed by atoms with Gasteiger partial charge in [0.25, 0.3) is 0 Å². The number of benzene rings is 1. The average Bonchev–Trinajstić information content (AvgIpc) is 3.70. The Morgan fingerprint density at radius 3 is 2.79 bits per heavy atom. The summed E-state index contributed by atoms with van der Waals surface area (Å²) in [5.74, 6) is 0.736. The van der Waals surface area contributed by atoms with Crippen LogP contribution in [-0.4, -0.2) is 44.9 Å². The number of urea groups is 1. The maximum atomic E-state index is 13.6. The number of pyridine rings is 1. The van der Waals surface area contributed by atoms with Gasteiger partial charge in [-0.3, -0.25) is 4.79 Å². The van der Waals surface area contributed by atoms with Crippen LogP contribution in [0.3, 0.4) is 0 Å². The number of anilines is 3. The maximum Gasteiger partial charge on any atom is 0.330 e. The molecule has 10 heteroatoms. The van der Waals surface area contributed by atoms with Crippen LogP contribution in [0.25, 0.3) is 0 Å². The molecular weight excluding hydrogens is 452 g/mol. The number of carbonyl (C=O) groups excluding carboxylic acids is 2. The molecule has 1 aliphatic carbocycles. The third-order valence-corrected chi connectivity index (χ3v) is 6.34. The minimum absolute atomic E-state index is 0.136. The number of hydrogen-bond donors (Lipinski definition) is 1. The number of amides is 3. The van der Waals surface area contributed by atoms with Gasteiger partial charge in [-0.2, -0.15) is 0 Å². The van der Waals surface area contributed by atoms with E-state index in [4.69, 9.17) is 9.72 Å². The molecule has 0 saturated heterocycles. The summed E-state index contributed by atoms with van der Waals surface area (Å²) in [5.41, 5.74) is 2.04. The van der Waals surface area contributed by atoms with Gasteiger partial charge in [0.1, 0.15) is 0 Å². The highest BCUT2D eigenvalue weighted by Crippen LogP contribution is 2.40. The van der Waals surface area contributed by atoms with Gasteiger partial charge < -0.3 is 15.0 Å². The largest absolute Gasteiger partial charge is 0.481 e. The Bertz CT molecular complexity index is 1260. The van der Waals surface area contributed by atoms with Crippen molar-refractivity contribution in [3.8, 4) is 5.88 Å². The van der Waals surface area contributed by atoms with E-state index in [0.29, 0.717) is 34.8 Å². The normalized spacial score (nSPS) is 15.0. The average molecular weight is 475 g/mol. The van der Waals surface area contributed by atoms with Crippen molar-refractivity contribution < 1.29 is 14.3 Å². The minimum atomic E-state index is -0.323. The van der Waals surface area contributed by atoms with Crippen molar-refractivity contribution in [1.82, 2.24) is 19.9 Å². The van der Waals surface area contributed by atoms with Crippen LogP contribution in [0.15, 0.2) is 71.5 Å². The van der Waals surface area contributed by atoms with E-state index in [1.165, 1.54) is 17.8 Å². The summed E-state index contributed by atoms with van der Waals surface area (Å²) in [6.07, 6.45) is 6.65. The number of hydrogen-bond acceptors (Lipinski definition) is 7. The van der Waals surface area contributed by atoms with Crippen LogP contribution in [0.1, 0.15) is 18.4 Å². The monoisotopic (exact) mass is 474 g/mol. The predicted molar refractivity (Wildman–Crippen MR) is 128 cm³/mol. The molecule has 2 aromatic heterocycles. The van der Waals surface area contributed by atoms with Crippen LogP contribution in [0.4, 0.5) is 22.0 Å². The fourth-order valence-electron chi connectivity index (χ4n) is 3.68. The lowest BCUT2D eigenvalue weighted by atomic mass is 10.1. The molecule has 172 valence electrons. The lowest BCUT2D eigenvalue weighted by molar-refractivity contribution is -0.111. The Morgan fingerprint density at radius 2 is 2.09 bits per heavy atom. The highest BCUT2D eigenvalue weighted by molar-refractivity contribution is 7.99. The summed E-state index contributed by atoms with van der Waals surface area (Å²) < 4.78 is 5.11. The highest BCUT2D eigenvalue weighted by atomic mass is 32.2. The quantitative estimate of drug-likeness (QED) is 0.400. The van der Waals surface area contributed by atoms with Crippen molar-refractivity contribution in [2.24, 2.45) is 0 Å². The summed E-state index contributed by atoms with van der Waals surface area (Å²) in [4.78, 5) is 43.1. The zero-order valence-electron chi connectivity index (χ0n) is 18.5. The summed E-state index contributed by atoms with van der Waals surface area (Å²) in [6, 6.07) is 10.9. The first kappa shape index (κ1) is 21.9. The smallest absolute Gasteiger partial charge is 0.330 e. The molecule has 1 N–H and O–H groups in total. The number of rotatable bonds is 7. The highest BCUT2D eigenvalue weighted by Gasteiger charge is 2.41. The van der Waals surface area contributed by atoms with Gasteiger partial charge in [-0.15, -0.1) is 0 Å². The number of nitrogens with zero attached hydrogens (tertiary/aromatic N) is 5. The van der Waals surface area contributed by atoms with Crippen LogP contribution in [0.5, 0.6) is 5.88 Å². The zero-order valence-corrected chi connectivity index (χ0v) is 19.3. The van der Waals surface area contributed by atoms with Gasteiger partial charge in [0.2, 0.25) is 11.8 Å². The van der Waals surface area contributed by atoms with Gasteiger partial charge in [-0.1, -0.05) is 12.6 Å². The first-order valence-corrected chi connectivity index (χ1v) is 11.6. The molecule has 34 heavy (non-hydrogen) atoms. The number of aromatic nitrogens is 3. The molecule has 0 unspecified atom stereocenters. The molecule has 3 aromatic rings. The van der Waals surface area contributed by atoms with E-state index in [-0.39, 0.29) is 18.0 Å². The van der Waals surface area contributed by atoms with Crippen LogP contribution < -0.4 is 15.0 Å². The Labute approximate surface area is 200 Å². The summed E-state index contributed by atoms with van der Waals surface area (Å²) >= 11 is 1.35. The van der Waals surface area contributed by atoms with E-state index < -0.39 is 0 Å². The van der Waals surface area contributed by atoms with E-state index in [9.17, 15) is 9.59 Å². The standard InChI is InChI=1S/C24H22N6O3S/c1-3-20(31)27-16-5-4-6-18(11-16)30-22-15(14-29(24(30)32)17-7-8-17)12-26-23(28-22)34-19-9-10-21(33-2)25-13-19/h3-6,9-13,17H,1,7-8,14H2,2H3,(H,27,31). The molecule has 0 bridgehead atoms. The van der Waals surface area contributed by atoms with E-state index in [1.54, 1.807) is 48.7 Å². The SMILES string of the molecule is C=CC(=O)Nc1cccc(N2C(=O)N(C3CC3)Cc3cnc(Sc4ccc(OC)nc4)nc32)c1. The van der Waals surface area contributed by atoms with Gasteiger partial charge in [-0.25, -0.2) is 24.6 Å². The second-order valence-electron chi connectivity index (χ2n) is 7.86. The number of ether oxygens (including phenoxy) is 1. The molecule has 5 rings (SSSR count). The van der Waals surface area contributed by atoms with Crippen molar-refractivity contribution in [2.75, 3.05) is 17.3 Å². The van der Waals surface area contributed by atoms with Crippen LogP contribution in [0.2, 0.25) is 0 Å². The third kappa shape index (κ3) is 4.44. The Morgan fingerprint density at radius 1 is 1.24 bits per heavy atom. The summed E-state index contributed by atoms with van der Waals surface area (Å²) in [5, 5.41) is 3.25. The number of methoxy groups -OCH3 is 1. The van der Waals surface area contributed by atoms with Crippen LogP contribution >= 0.6 is 11.8 Å². The lowest BCUT2D eigenvalue weighted by Crippen LogP contribution is -2.46. The zero-order chi connectivity index (χ0) is 23.7. The molecule has 9 nitrogen and oxygen atoms in total. The molecular formula is C24H22N6O3S. The summed E-state index contributed by atoms with van der Waals surface area (Å²) in [6.45, 7) is 3.96. The predicted octanol–water partition coefficient (Wildman–Crippen LogP) is 4.39. The molecule has 3 heterocycles. The van der Waals surface area contributed by atoms with Crippen LogP contribution in [-0.2, 0) is 11.3 Å². The molecule has 1 saturated carbocycles. The van der Waals surface area contributed by atoms with E-state index in [2.05, 4.69) is 21.9 Å². The molecule has 0 radical (unpaired) electrons. The van der Waals surface area contributed by atoms with Crippen molar-refractivity contribution in [2.45, 2.75) is 35.5 Å². The second kappa shape index (κ2) is 9.14. The van der Waals surface area contributed by atoms with Crippen molar-refractivity contribution >= 4 is 40.9 Å². The molecule has 3 amide bonds. The number of nitrogens with one attached hydrogen (secondary N) is 1. The third-order valence-electron chi connectivity index (χ3n) is 5.48. The fraction of sp³-hybridized carbons (Fsp3) is 0.208. The van der Waals surface area contributed by atoms with Crippen LogP contribution in [0, 0.1) is 0 Å². The second-order valence-corrected chi connectivity index (χ2v) is 8.90. The summed E-state index contributed by atoms with van der Waals surface area (Å²) in [7, 11) is 1.57. The molecule has 1 aliphatic heterocycles. The topological polar surface area (TPSA) is 101 Å². The minimum Gasteiger partial charge on any atom is -0.481 e. The van der Waals surface area contributed by atoms with Crippen molar-refractivity contribution in [1.29, 1.82) is 0 Å². The Kier molecular flexibility index (Phi) is 5.89. The fourth-order valence-corrected chi connectivity index (χ4v) is 4.37. The van der Waals surface area contributed by atoms with E-state index in [0.717, 1.165) is 23.3 Å².